The highest BCUT2D eigenvalue weighted by atomic mass is 16.5. The van der Waals surface area contributed by atoms with E-state index < -0.39 is 6.10 Å². The van der Waals surface area contributed by atoms with Crippen LogP contribution >= 0.6 is 0 Å². The van der Waals surface area contributed by atoms with Crippen LogP contribution in [-0.2, 0) is 6.54 Å². The molecule has 1 fully saturated rings. The molecule has 1 saturated carbocycles. The molecule has 3 rings (SSSR count). The number of aromatic nitrogens is 3. The molecule has 0 radical (unpaired) electrons. The van der Waals surface area contributed by atoms with Gasteiger partial charge in [0, 0.05) is 18.3 Å². The first-order valence-corrected chi connectivity index (χ1v) is 5.88. The second kappa shape index (κ2) is 4.00. The van der Waals surface area contributed by atoms with Crippen LogP contribution in [0.5, 0.6) is 0 Å². The summed E-state index contributed by atoms with van der Waals surface area (Å²) in [5, 5.41) is 13.4. The Hall–Kier alpha value is -1.62. The van der Waals surface area contributed by atoms with Crippen LogP contribution in [0.15, 0.2) is 23.0 Å². The number of aliphatic hydroxyl groups is 1. The van der Waals surface area contributed by atoms with E-state index in [1.54, 1.807) is 6.92 Å². The van der Waals surface area contributed by atoms with Crippen molar-refractivity contribution in [2.45, 2.75) is 38.3 Å². The second-order valence-corrected chi connectivity index (χ2v) is 4.61. The standard InChI is InChI=1S/C12H15N3O2/c1-8(16)10-4-5-15(6-10)7-11-13-12(14-17-11)9-2-3-9/h4-6,8-9,16H,2-3,7H2,1H3. The summed E-state index contributed by atoms with van der Waals surface area (Å²) < 4.78 is 7.13. The van der Waals surface area contributed by atoms with Crippen molar-refractivity contribution in [3.8, 4) is 0 Å². The van der Waals surface area contributed by atoms with Crippen molar-refractivity contribution in [1.82, 2.24) is 14.7 Å². The molecule has 17 heavy (non-hydrogen) atoms. The van der Waals surface area contributed by atoms with E-state index in [0.29, 0.717) is 18.4 Å². The van der Waals surface area contributed by atoms with Crippen LogP contribution in [0.4, 0.5) is 0 Å². The molecule has 1 atom stereocenters. The Kier molecular flexibility index (Phi) is 2.48. The van der Waals surface area contributed by atoms with Gasteiger partial charge in [0.2, 0.25) is 5.89 Å². The van der Waals surface area contributed by atoms with Gasteiger partial charge in [-0.05, 0) is 31.4 Å². The lowest BCUT2D eigenvalue weighted by Crippen LogP contribution is -1.97. The van der Waals surface area contributed by atoms with Crippen molar-refractivity contribution in [2.75, 3.05) is 0 Å². The molecule has 0 aliphatic heterocycles. The minimum Gasteiger partial charge on any atom is -0.389 e. The van der Waals surface area contributed by atoms with Gasteiger partial charge in [-0.1, -0.05) is 5.16 Å². The maximum Gasteiger partial charge on any atom is 0.246 e. The third-order valence-electron chi connectivity index (χ3n) is 3.00. The average molecular weight is 233 g/mol. The van der Waals surface area contributed by atoms with Crippen LogP contribution in [0.25, 0.3) is 0 Å². The smallest absolute Gasteiger partial charge is 0.246 e. The van der Waals surface area contributed by atoms with Crippen LogP contribution in [0.1, 0.15) is 49.1 Å². The third kappa shape index (κ3) is 2.24. The Labute approximate surface area is 99.1 Å². The molecule has 0 spiro atoms. The minimum atomic E-state index is -0.444. The third-order valence-corrected chi connectivity index (χ3v) is 3.00. The molecule has 0 saturated heterocycles. The van der Waals surface area contributed by atoms with Crippen molar-refractivity contribution in [3.05, 3.63) is 35.7 Å². The molecule has 2 aromatic rings. The van der Waals surface area contributed by atoms with Crippen molar-refractivity contribution in [2.24, 2.45) is 0 Å². The lowest BCUT2D eigenvalue weighted by atomic mass is 10.2. The minimum absolute atomic E-state index is 0.444. The fourth-order valence-corrected chi connectivity index (χ4v) is 1.80. The van der Waals surface area contributed by atoms with E-state index in [9.17, 15) is 5.11 Å². The highest BCUT2D eigenvalue weighted by molar-refractivity contribution is 5.13. The number of rotatable bonds is 4. The molecule has 2 heterocycles. The summed E-state index contributed by atoms with van der Waals surface area (Å²) in [5.41, 5.74) is 0.895. The van der Waals surface area contributed by atoms with Gasteiger partial charge in [-0.25, -0.2) is 0 Å². The van der Waals surface area contributed by atoms with Crippen LogP contribution in [-0.4, -0.2) is 19.8 Å². The summed E-state index contributed by atoms with van der Waals surface area (Å²) >= 11 is 0. The number of nitrogens with zero attached hydrogens (tertiary/aromatic N) is 3. The molecule has 1 unspecified atom stereocenters. The number of hydrogen-bond acceptors (Lipinski definition) is 4. The maximum absolute atomic E-state index is 9.42. The van der Waals surface area contributed by atoms with Gasteiger partial charge in [0.25, 0.3) is 0 Å². The van der Waals surface area contributed by atoms with Gasteiger partial charge < -0.3 is 14.2 Å². The first-order chi connectivity index (χ1) is 8.22. The van der Waals surface area contributed by atoms with E-state index >= 15 is 0 Å². The van der Waals surface area contributed by atoms with Gasteiger partial charge in [0.1, 0.15) is 6.54 Å². The Morgan fingerprint density at radius 2 is 2.41 bits per heavy atom. The van der Waals surface area contributed by atoms with E-state index in [1.807, 2.05) is 23.0 Å². The molecule has 1 aliphatic rings. The normalized spacial score (nSPS) is 17.3. The predicted molar refractivity (Wildman–Crippen MR) is 60.4 cm³/mol. The summed E-state index contributed by atoms with van der Waals surface area (Å²) in [4.78, 5) is 4.36. The fraction of sp³-hybridized carbons (Fsp3) is 0.500. The Bertz CT molecular complexity index is 473. The molecule has 0 amide bonds. The van der Waals surface area contributed by atoms with Gasteiger partial charge >= 0.3 is 0 Å². The van der Waals surface area contributed by atoms with Gasteiger partial charge in [-0.15, -0.1) is 0 Å². The van der Waals surface area contributed by atoms with Crippen LogP contribution < -0.4 is 0 Å². The molecular formula is C12H15N3O2. The molecule has 0 bridgehead atoms. The lowest BCUT2D eigenvalue weighted by molar-refractivity contribution is 0.199. The fourth-order valence-electron chi connectivity index (χ4n) is 1.80. The van der Waals surface area contributed by atoms with E-state index in [1.165, 1.54) is 12.8 Å². The van der Waals surface area contributed by atoms with E-state index in [2.05, 4.69) is 10.1 Å². The maximum atomic E-state index is 9.42. The zero-order valence-corrected chi connectivity index (χ0v) is 9.71. The molecule has 5 heteroatoms. The molecule has 5 nitrogen and oxygen atoms in total. The van der Waals surface area contributed by atoms with Gasteiger partial charge in [-0.2, -0.15) is 4.98 Å². The van der Waals surface area contributed by atoms with Crippen LogP contribution in [0.3, 0.4) is 0 Å². The van der Waals surface area contributed by atoms with E-state index in [4.69, 9.17) is 4.52 Å². The van der Waals surface area contributed by atoms with Gasteiger partial charge in [0.05, 0.1) is 6.10 Å². The van der Waals surface area contributed by atoms with Crippen molar-refractivity contribution in [1.29, 1.82) is 0 Å². The van der Waals surface area contributed by atoms with Gasteiger partial charge in [0.15, 0.2) is 5.82 Å². The van der Waals surface area contributed by atoms with E-state index in [-0.39, 0.29) is 0 Å². The van der Waals surface area contributed by atoms with Crippen molar-refractivity contribution in [3.63, 3.8) is 0 Å². The highest BCUT2D eigenvalue weighted by Gasteiger charge is 2.28. The largest absolute Gasteiger partial charge is 0.389 e. The molecule has 90 valence electrons. The van der Waals surface area contributed by atoms with Crippen molar-refractivity contribution < 1.29 is 9.63 Å². The summed E-state index contributed by atoms with van der Waals surface area (Å²) in [5.74, 6) is 1.98. The molecule has 0 aromatic carbocycles. The Morgan fingerprint density at radius 3 is 3.06 bits per heavy atom. The predicted octanol–water partition coefficient (Wildman–Crippen LogP) is 1.85. The second-order valence-electron chi connectivity index (χ2n) is 4.61. The summed E-state index contributed by atoms with van der Waals surface area (Å²) in [6.45, 7) is 2.31. The zero-order valence-electron chi connectivity index (χ0n) is 9.71. The first-order valence-electron chi connectivity index (χ1n) is 5.88. The summed E-state index contributed by atoms with van der Waals surface area (Å²) in [7, 11) is 0. The molecule has 1 N–H and O–H groups in total. The first kappa shape index (κ1) is 10.5. The zero-order chi connectivity index (χ0) is 11.8. The molecule has 1 aliphatic carbocycles. The monoisotopic (exact) mass is 233 g/mol. The highest BCUT2D eigenvalue weighted by Crippen LogP contribution is 2.38. The average Bonchev–Trinajstić information content (AvgIpc) is 2.87. The Morgan fingerprint density at radius 1 is 1.59 bits per heavy atom. The topological polar surface area (TPSA) is 64.1 Å². The van der Waals surface area contributed by atoms with Crippen LogP contribution in [0.2, 0.25) is 0 Å². The summed E-state index contributed by atoms with van der Waals surface area (Å²) in [6.07, 6.45) is 5.71. The van der Waals surface area contributed by atoms with Gasteiger partial charge in [-0.3, -0.25) is 0 Å². The molecule has 2 aromatic heterocycles. The quantitative estimate of drug-likeness (QED) is 0.875. The van der Waals surface area contributed by atoms with Crippen molar-refractivity contribution >= 4 is 0 Å². The SMILES string of the molecule is CC(O)c1ccn(Cc2nc(C3CC3)no2)c1. The Balaban J connectivity index is 1.71. The number of hydrogen-bond donors (Lipinski definition) is 1. The lowest BCUT2D eigenvalue weighted by Gasteiger charge is -1.99. The van der Waals surface area contributed by atoms with Crippen LogP contribution in [0, 0.1) is 0 Å². The summed E-state index contributed by atoms with van der Waals surface area (Å²) in [6, 6.07) is 1.89. The molecular weight excluding hydrogens is 218 g/mol. The van der Waals surface area contributed by atoms with E-state index in [0.717, 1.165) is 11.4 Å². The number of aliphatic hydroxyl groups excluding tert-OH is 1.